The molecular weight excluding hydrogens is 318 g/mol. The van der Waals surface area contributed by atoms with Crippen molar-refractivity contribution in [3.05, 3.63) is 36.2 Å². The van der Waals surface area contributed by atoms with Crippen LogP contribution in [-0.2, 0) is 4.74 Å². The van der Waals surface area contributed by atoms with E-state index in [-0.39, 0.29) is 12.1 Å². The number of nitriles is 2. The van der Waals surface area contributed by atoms with Gasteiger partial charge in [0, 0.05) is 18.3 Å². The van der Waals surface area contributed by atoms with Crippen molar-refractivity contribution in [2.24, 2.45) is 0 Å². The van der Waals surface area contributed by atoms with Crippen molar-refractivity contribution < 1.29 is 4.74 Å². The minimum Gasteiger partial charge on any atom is -0.372 e. The van der Waals surface area contributed by atoms with Crippen LogP contribution in [0.2, 0.25) is 0 Å². The topological polar surface area (TPSA) is 102 Å². The molecule has 2 aromatic rings. The second-order valence-corrected chi connectivity index (χ2v) is 5.99. The first-order chi connectivity index (χ1) is 12.3. The highest BCUT2D eigenvalue weighted by Crippen LogP contribution is 2.27. The molecule has 2 aliphatic rings. The zero-order valence-electron chi connectivity index (χ0n) is 13.4. The molecule has 0 N–H and O–H groups in total. The second-order valence-electron chi connectivity index (χ2n) is 5.99. The predicted octanol–water partition coefficient (Wildman–Crippen LogP) is 0.781. The van der Waals surface area contributed by atoms with Gasteiger partial charge in [-0.2, -0.15) is 10.5 Å². The van der Waals surface area contributed by atoms with Gasteiger partial charge in [-0.1, -0.05) is 0 Å². The van der Waals surface area contributed by atoms with Gasteiger partial charge in [0.2, 0.25) is 0 Å². The van der Waals surface area contributed by atoms with E-state index in [4.69, 9.17) is 15.3 Å². The molecule has 124 valence electrons. The van der Waals surface area contributed by atoms with E-state index < -0.39 is 0 Å². The molecular formula is C17H15N7O. The Morgan fingerprint density at radius 2 is 2.08 bits per heavy atom. The Balaban J connectivity index is 1.58. The highest BCUT2D eigenvalue weighted by atomic mass is 16.5. The number of nitrogens with zero attached hydrogens (tertiary/aromatic N) is 7. The number of hydrogen-bond acceptors (Lipinski definition) is 8. The SMILES string of the molecule is N#Cc1cc(-c2ccc(N3CCO[C@H]4CN(C#N)C[C@H]43)nn2)ccn1. The van der Waals surface area contributed by atoms with Crippen LogP contribution in [0.5, 0.6) is 0 Å². The number of aromatic nitrogens is 3. The third-order valence-electron chi connectivity index (χ3n) is 4.56. The van der Waals surface area contributed by atoms with Gasteiger partial charge in [-0.15, -0.1) is 10.2 Å². The summed E-state index contributed by atoms with van der Waals surface area (Å²) in [5, 5.41) is 26.7. The molecule has 2 fully saturated rings. The van der Waals surface area contributed by atoms with Gasteiger partial charge in [-0.25, -0.2) is 4.98 Å². The number of morpholine rings is 1. The second kappa shape index (κ2) is 6.34. The molecule has 2 aromatic heterocycles. The molecule has 25 heavy (non-hydrogen) atoms. The third kappa shape index (κ3) is 2.84. The molecule has 4 rings (SSSR count). The summed E-state index contributed by atoms with van der Waals surface area (Å²) >= 11 is 0. The maximum atomic E-state index is 9.12. The molecule has 2 aliphatic heterocycles. The molecule has 0 saturated carbocycles. The number of ether oxygens (including phenoxy) is 1. The Hall–Kier alpha value is -3.23. The van der Waals surface area contributed by atoms with Crippen LogP contribution in [0, 0.1) is 22.8 Å². The molecule has 4 heterocycles. The van der Waals surface area contributed by atoms with Gasteiger partial charge in [0.15, 0.2) is 12.0 Å². The fraction of sp³-hybridized carbons (Fsp3) is 0.353. The van der Waals surface area contributed by atoms with Crippen LogP contribution in [0.1, 0.15) is 5.69 Å². The molecule has 0 spiro atoms. The highest BCUT2D eigenvalue weighted by Gasteiger charge is 2.40. The minimum atomic E-state index is 0.0215. The van der Waals surface area contributed by atoms with E-state index in [0.717, 1.165) is 17.9 Å². The average molecular weight is 333 g/mol. The Labute approximate surface area is 144 Å². The van der Waals surface area contributed by atoms with Crippen molar-refractivity contribution in [1.29, 1.82) is 10.5 Å². The average Bonchev–Trinajstić information content (AvgIpc) is 3.11. The van der Waals surface area contributed by atoms with Crippen molar-refractivity contribution in [1.82, 2.24) is 20.1 Å². The van der Waals surface area contributed by atoms with Crippen LogP contribution >= 0.6 is 0 Å². The maximum absolute atomic E-state index is 9.12. The van der Waals surface area contributed by atoms with E-state index in [1.807, 2.05) is 18.2 Å². The van der Waals surface area contributed by atoms with Crippen LogP contribution < -0.4 is 4.90 Å². The predicted molar refractivity (Wildman–Crippen MR) is 88.0 cm³/mol. The zero-order valence-corrected chi connectivity index (χ0v) is 13.4. The minimum absolute atomic E-state index is 0.0215. The fourth-order valence-electron chi connectivity index (χ4n) is 3.34. The summed E-state index contributed by atoms with van der Waals surface area (Å²) in [5.74, 6) is 0.774. The van der Waals surface area contributed by atoms with Crippen molar-refractivity contribution in [2.45, 2.75) is 12.1 Å². The number of pyridine rings is 1. The van der Waals surface area contributed by atoms with Crippen molar-refractivity contribution in [2.75, 3.05) is 31.1 Å². The summed E-state index contributed by atoms with van der Waals surface area (Å²) < 4.78 is 5.78. The zero-order chi connectivity index (χ0) is 17.2. The monoisotopic (exact) mass is 333 g/mol. The first kappa shape index (κ1) is 15.3. The molecule has 8 nitrogen and oxygen atoms in total. The Kier molecular flexibility index (Phi) is 3.88. The van der Waals surface area contributed by atoms with E-state index in [0.29, 0.717) is 31.1 Å². The lowest BCUT2D eigenvalue weighted by molar-refractivity contribution is 0.0322. The van der Waals surface area contributed by atoms with Crippen LogP contribution in [0.15, 0.2) is 30.5 Å². The highest BCUT2D eigenvalue weighted by molar-refractivity contribution is 5.60. The van der Waals surface area contributed by atoms with Gasteiger partial charge < -0.3 is 14.5 Å². The van der Waals surface area contributed by atoms with Crippen LogP contribution in [0.4, 0.5) is 5.82 Å². The maximum Gasteiger partial charge on any atom is 0.179 e. The van der Waals surface area contributed by atoms with Gasteiger partial charge in [-0.3, -0.25) is 0 Å². The van der Waals surface area contributed by atoms with Crippen LogP contribution in [-0.4, -0.2) is 58.5 Å². The van der Waals surface area contributed by atoms with Crippen LogP contribution in [0.3, 0.4) is 0 Å². The van der Waals surface area contributed by atoms with Gasteiger partial charge in [0.05, 0.1) is 37.5 Å². The summed E-state index contributed by atoms with van der Waals surface area (Å²) in [5.41, 5.74) is 1.85. The lowest BCUT2D eigenvalue weighted by Gasteiger charge is -2.37. The molecule has 2 atom stereocenters. The first-order valence-electron chi connectivity index (χ1n) is 8.01. The largest absolute Gasteiger partial charge is 0.372 e. The van der Waals surface area contributed by atoms with E-state index in [1.54, 1.807) is 23.2 Å². The lowest BCUT2D eigenvalue weighted by Crippen LogP contribution is -2.51. The van der Waals surface area contributed by atoms with Crippen LogP contribution in [0.25, 0.3) is 11.3 Å². The normalized spacial score (nSPS) is 22.2. The third-order valence-corrected chi connectivity index (χ3v) is 4.56. The molecule has 0 aliphatic carbocycles. The summed E-state index contributed by atoms with van der Waals surface area (Å²) in [6, 6.07) is 9.44. The molecule has 0 bridgehead atoms. The lowest BCUT2D eigenvalue weighted by atomic mass is 10.1. The number of rotatable bonds is 2. The summed E-state index contributed by atoms with van der Waals surface area (Å²) in [6.45, 7) is 2.60. The van der Waals surface area contributed by atoms with Gasteiger partial charge in [0.1, 0.15) is 11.8 Å². The number of hydrogen-bond donors (Lipinski definition) is 0. The Bertz CT molecular complexity index is 855. The van der Waals surface area contributed by atoms with E-state index in [9.17, 15) is 0 Å². The first-order valence-corrected chi connectivity index (χ1v) is 8.01. The van der Waals surface area contributed by atoms with Gasteiger partial charge in [-0.05, 0) is 24.3 Å². The number of anilines is 1. The quantitative estimate of drug-likeness (QED) is 0.743. The number of fused-ring (bicyclic) bond motifs is 1. The van der Waals surface area contributed by atoms with Gasteiger partial charge in [0.25, 0.3) is 0 Å². The summed E-state index contributed by atoms with van der Waals surface area (Å²) in [4.78, 5) is 7.84. The van der Waals surface area contributed by atoms with Crippen molar-refractivity contribution in [3.8, 4) is 23.5 Å². The molecule has 0 unspecified atom stereocenters. The molecule has 2 saturated heterocycles. The van der Waals surface area contributed by atoms with Crippen molar-refractivity contribution >= 4 is 5.82 Å². The fourth-order valence-corrected chi connectivity index (χ4v) is 3.34. The molecule has 0 amide bonds. The number of likely N-dealkylation sites (tertiary alicyclic amines) is 1. The van der Waals surface area contributed by atoms with E-state index in [1.165, 1.54) is 0 Å². The Morgan fingerprint density at radius 3 is 2.84 bits per heavy atom. The van der Waals surface area contributed by atoms with E-state index in [2.05, 4.69) is 26.3 Å². The molecule has 0 aromatic carbocycles. The standard InChI is InChI=1S/C17H15N7O/c18-8-13-7-12(3-4-20-13)14-1-2-17(22-21-14)24-5-6-25-16-10-23(11-19)9-15(16)24/h1-4,7,15-16H,5-6,9-10H2/t15-,16+/m1/s1. The molecule has 8 heteroatoms. The van der Waals surface area contributed by atoms with Gasteiger partial charge >= 0.3 is 0 Å². The molecule has 0 radical (unpaired) electrons. The van der Waals surface area contributed by atoms with E-state index >= 15 is 0 Å². The Morgan fingerprint density at radius 1 is 1.16 bits per heavy atom. The summed E-state index contributed by atoms with van der Waals surface area (Å²) in [6.07, 6.45) is 3.80. The smallest absolute Gasteiger partial charge is 0.179 e. The summed E-state index contributed by atoms with van der Waals surface area (Å²) in [7, 11) is 0. The van der Waals surface area contributed by atoms with Crippen molar-refractivity contribution in [3.63, 3.8) is 0 Å².